The van der Waals surface area contributed by atoms with Gasteiger partial charge in [-0.3, -0.25) is 4.79 Å². The minimum Gasteiger partial charge on any atom is -0.444 e. The fraction of sp³-hybridized carbons (Fsp3) is 0.867. The molecule has 2 amide bonds. The van der Waals surface area contributed by atoms with Gasteiger partial charge in [-0.1, -0.05) is 0 Å². The number of carbonyl (C=O) groups is 2. The molecule has 114 valence electrons. The molecule has 5 nitrogen and oxygen atoms in total. The zero-order valence-electron chi connectivity index (χ0n) is 13.3. The molecule has 2 fully saturated rings. The molecule has 1 N–H and O–H groups in total. The van der Waals surface area contributed by atoms with E-state index in [0.717, 1.165) is 0 Å². The number of fused-ring (bicyclic) bond motifs is 1. The third kappa shape index (κ3) is 3.44. The summed E-state index contributed by atoms with van der Waals surface area (Å²) in [7, 11) is 0. The Morgan fingerprint density at radius 1 is 1.05 bits per heavy atom. The van der Waals surface area contributed by atoms with E-state index in [1.807, 2.05) is 41.5 Å². The highest BCUT2D eigenvalue weighted by molar-refractivity contribution is 5.83. The van der Waals surface area contributed by atoms with Crippen LogP contribution in [0.15, 0.2) is 0 Å². The monoisotopic (exact) mass is 282 g/mol. The van der Waals surface area contributed by atoms with Crippen LogP contribution < -0.4 is 5.32 Å². The Bertz CT molecular complexity index is 382. The summed E-state index contributed by atoms with van der Waals surface area (Å²) in [6, 6.07) is 0. The predicted octanol–water partition coefficient (Wildman–Crippen LogP) is 2.01. The van der Waals surface area contributed by atoms with E-state index in [-0.39, 0.29) is 23.5 Å². The first-order chi connectivity index (χ1) is 8.98. The molecule has 2 aliphatic rings. The normalized spacial score (nSPS) is 28.9. The summed E-state index contributed by atoms with van der Waals surface area (Å²) in [4.78, 5) is 25.8. The minimum absolute atomic E-state index is 0.0768. The highest BCUT2D eigenvalue weighted by atomic mass is 16.6. The maximum atomic E-state index is 12.1. The average Bonchev–Trinajstić information content (AvgIpc) is 2.69. The number of hydrogen-bond acceptors (Lipinski definition) is 3. The fourth-order valence-electron chi connectivity index (χ4n) is 2.84. The van der Waals surface area contributed by atoms with E-state index >= 15 is 0 Å². The molecule has 0 spiro atoms. The van der Waals surface area contributed by atoms with Gasteiger partial charge in [0.1, 0.15) is 5.60 Å². The smallest absolute Gasteiger partial charge is 0.410 e. The molecule has 0 aromatic heterocycles. The lowest BCUT2D eigenvalue weighted by Gasteiger charge is -2.26. The number of ether oxygens (including phenoxy) is 1. The van der Waals surface area contributed by atoms with Crippen molar-refractivity contribution in [1.82, 2.24) is 10.2 Å². The lowest BCUT2D eigenvalue weighted by molar-refractivity contribution is -0.124. The second kappa shape index (κ2) is 4.64. The van der Waals surface area contributed by atoms with Crippen LogP contribution >= 0.6 is 0 Å². The summed E-state index contributed by atoms with van der Waals surface area (Å²) in [5, 5.41) is 3.02. The zero-order chi connectivity index (χ0) is 15.3. The summed E-state index contributed by atoms with van der Waals surface area (Å²) in [6.07, 6.45) is -0.264. The molecular formula is C15H26N2O3. The topological polar surface area (TPSA) is 58.6 Å². The molecule has 2 rings (SSSR count). The molecule has 1 aliphatic heterocycles. The van der Waals surface area contributed by atoms with Crippen molar-refractivity contribution in [1.29, 1.82) is 0 Å². The van der Waals surface area contributed by atoms with Crippen molar-refractivity contribution in [3.8, 4) is 0 Å². The van der Waals surface area contributed by atoms with Crippen molar-refractivity contribution in [2.45, 2.75) is 52.7 Å². The van der Waals surface area contributed by atoms with Crippen LogP contribution in [-0.4, -0.2) is 41.1 Å². The number of piperidine rings is 1. The summed E-state index contributed by atoms with van der Waals surface area (Å²) >= 11 is 0. The molecule has 20 heavy (non-hydrogen) atoms. The molecule has 1 saturated heterocycles. The van der Waals surface area contributed by atoms with Gasteiger partial charge in [0.25, 0.3) is 0 Å². The number of nitrogens with zero attached hydrogens (tertiary/aromatic N) is 1. The molecule has 1 aliphatic carbocycles. The van der Waals surface area contributed by atoms with Gasteiger partial charge in [0.05, 0.1) is 0 Å². The Labute approximate surface area is 121 Å². The number of likely N-dealkylation sites (tertiary alicyclic amines) is 1. The van der Waals surface area contributed by atoms with E-state index in [4.69, 9.17) is 4.74 Å². The molecule has 0 bridgehead atoms. The van der Waals surface area contributed by atoms with Gasteiger partial charge < -0.3 is 15.0 Å². The lowest BCUT2D eigenvalue weighted by atomic mass is 10.1. The lowest BCUT2D eigenvalue weighted by Crippen LogP contribution is -2.44. The molecule has 0 aromatic rings. The summed E-state index contributed by atoms with van der Waals surface area (Å²) in [5.41, 5.74) is -0.661. The van der Waals surface area contributed by atoms with Crippen molar-refractivity contribution in [3.63, 3.8) is 0 Å². The molecule has 1 unspecified atom stereocenters. The molecular weight excluding hydrogens is 256 g/mol. The number of rotatable bonds is 1. The zero-order valence-corrected chi connectivity index (χ0v) is 13.3. The molecule has 5 heteroatoms. The Balaban J connectivity index is 1.82. The fourth-order valence-corrected chi connectivity index (χ4v) is 2.84. The van der Waals surface area contributed by atoms with Gasteiger partial charge in [-0.05, 0) is 53.4 Å². The maximum Gasteiger partial charge on any atom is 0.410 e. The molecule has 0 radical (unpaired) electrons. The van der Waals surface area contributed by atoms with E-state index in [1.54, 1.807) is 4.90 Å². The van der Waals surface area contributed by atoms with Crippen molar-refractivity contribution in [3.05, 3.63) is 0 Å². The molecule has 1 heterocycles. The number of amides is 2. The minimum atomic E-state index is -0.465. The number of hydrogen-bond donors (Lipinski definition) is 1. The van der Waals surface area contributed by atoms with E-state index in [2.05, 4.69) is 5.32 Å². The van der Waals surface area contributed by atoms with Crippen LogP contribution in [0.25, 0.3) is 0 Å². The first-order valence-electron chi connectivity index (χ1n) is 7.28. The van der Waals surface area contributed by atoms with Crippen LogP contribution in [0.3, 0.4) is 0 Å². The van der Waals surface area contributed by atoms with Gasteiger partial charge in [-0.15, -0.1) is 0 Å². The van der Waals surface area contributed by atoms with Crippen molar-refractivity contribution in [2.75, 3.05) is 13.1 Å². The van der Waals surface area contributed by atoms with E-state index in [0.29, 0.717) is 24.9 Å². The number of carbonyl (C=O) groups excluding carboxylic acids is 2. The summed E-state index contributed by atoms with van der Waals surface area (Å²) in [6.45, 7) is 12.8. The molecule has 1 saturated carbocycles. The third-order valence-corrected chi connectivity index (χ3v) is 3.65. The van der Waals surface area contributed by atoms with Crippen LogP contribution in [-0.2, 0) is 9.53 Å². The van der Waals surface area contributed by atoms with Crippen LogP contribution in [0.5, 0.6) is 0 Å². The molecule has 0 aromatic carbocycles. The SMILES string of the molecule is CC(C)(C)NC(=O)C1[C@H]2CN(C(=O)OC(C)(C)C)C[C@@H]12. The predicted molar refractivity (Wildman–Crippen MR) is 76.2 cm³/mol. The van der Waals surface area contributed by atoms with Gasteiger partial charge in [-0.25, -0.2) is 4.79 Å². The first kappa shape index (κ1) is 15.1. The highest BCUT2D eigenvalue weighted by Gasteiger charge is 2.60. The van der Waals surface area contributed by atoms with E-state index < -0.39 is 5.60 Å². The second-order valence-corrected chi connectivity index (χ2v) is 7.98. The highest BCUT2D eigenvalue weighted by Crippen LogP contribution is 2.52. The van der Waals surface area contributed by atoms with Crippen LogP contribution in [0, 0.1) is 17.8 Å². The summed E-state index contributed by atoms with van der Waals surface area (Å²) < 4.78 is 5.35. The quantitative estimate of drug-likeness (QED) is 0.800. The van der Waals surface area contributed by atoms with E-state index in [1.165, 1.54) is 0 Å². The van der Waals surface area contributed by atoms with Crippen molar-refractivity contribution >= 4 is 12.0 Å². The van der Waals surface area contributed by atoms with Crippen LogP contribution in [0.2, 0.25) is 0 Å². The Morgan fingerprint density at radius 3 is 1.95 bits per heavy atom. The maximum absolute atomic E-state index is 12.1. The van der Waals surface area contributed by atoms with Crippen molar-refractivity contribution in [2.24, 2.45) is 17.8 Å². The van der Waals surface area contributed by atoms with Gasteiger partial charge >= 0.3 is 6.09 Å². The van der Waals surface area contributed by atoms with Gasteiger partial charge in [0.15, 0.2) is 0 Å². The number of nitrogens with one attached hydrogen (secondary N) is 1. The Hall–Kier alpha value is -1.26. The van der Waals surface area contributed by atoms with Crippen LogP contribution in [0.1, 0.15) is 41.5 Å². The van der Waals surface area contributed by atoms with Gasteiger partial charge in [0.2, 0.25) is 5.91 Å². The standard InChI is InChI=1S/C15H26N2O3/c1-14(2,3)16-12(18)11-9-7-17(8-10(9)11)13(19)20-15(4,5)6/h9-11H,7-8H2,1-6H3,(H,16,18)/t9-,10+,11?. The molecule has 3 atom stereocenters. The third-order valence-electron chi connectivity index (χ3n) is 3.65. The largest absolute Gasteiger partial charge is 0.444 e. The Morgan fingerprint density at radius 2 is 1.55 bits per heavy atom. The first-order valence-corrected chi connectivity index (χ1v) is 7.28. The van der Waals surface area contributed by atoms with Gasteiger partial charge in [-0.2, -0.15) is 0 Å². The van der Waals surface area contributed by atoms with Crippen molar-refractivity contribution < 1.29 is 14.3 Å². The van der Waals surface area contributed by atoms with Crippen LogP contribution in [0.4, 0.5) is 4.79 Å². The summed E-state index contributed by atoms with van der Waals surface area (Å²) in [5.74, 6) is 0.819. The Kier molecular flexibility index (Phi) is 3.51. The van der Waals surface area contributed by atoms with Gasteiger partial charge in [0, 0.05) is 24.5 Å². The second-order valence-electron chi connectivity index (χ2n) is 7.98. The van der Waals surface area contributed by atoms with E-state index in [9.17, 15) is 9.59 Å². The average molecular weight is 282 g/mol.